The Hall–Kier alpha value is -3.32. The number of amides is 2. The summed E-state index contributed by atoms with van der Waals surface area (Å²) in [6.45, 7) is -0.375. The summed E-state index contributed by atoms with van der Waals surface area (Å²) in [6.07, 6.45) is -1.79. The zero-order valence-corrected chi connectivity index (χ0v) is 22.8. The van der Waals surface area contributed by atoms with Crippen LogP contribution in [0, 0.1) is 11.8 Å². The van der Waals surface area contributed by atoms with Crippen molar-refractivity contribution in [2.75, 3.05) is 45.6 Å². The summed E-state index contributed by atoms with van der Waals surface area (Å²) in [6, 6.07) is 2.06. The lowest BCUT2D eigenvalue weighted by Gasteiger charge is -2.53. The standard InChI is InChI=1S/C26H33ClN4O8/c1-30(2)14-5-6-15(32)18-12(14)7-11-8-13-20(31(3)4)22(35)19(25(38)29-10-28-16(33)9-27)24(37)26(13,39)23(36)17(11)21(18)34/h5-6,11,13,20,24,32,35-37,39H,7-10H2,1-4H3,(H,28,33)(H,29,38)/t11-,13-,20-,24?,26-/m0/s1. The Morgan fingerprint density at radius 2 is 1.79 bits per heavy atom. The number of rotatable bonds is 6. The molecule has 1 aromatic rings. The third-order valence-corrected chi connectivity index (χ3v) is 8.14. The molecule has 0 bridgehead atoms. The number of nitrogens with zero attached hydrogens (tertiary/aromatic N) is 2. The van der Waals surface area contributed by atoms with Crippen LogP contribution in [-0.4, -0.2) is 107 Å². The normalized spacial score (nSPS) is 28.1. The number of hydrogen-bond donors (Lipinski definition) is 7. The van der Waals surface area contributed by atoms with Crippen LogP contribution in [0.3, 0.4) is 0 Å². The van der Waals surface area contributed by atoms with Crippen LogP contribution in [-0.2, 0) is 16.0 Å². The van der Waals surface area contributed by atoms with Gasteiger partial charge in [-0.2, -0.15) is 0 Å². The number of carbonyl (C=O) groups excluding carboxylic acids is 3. The molecule has 0 saturated carbocycles. The van der Waals surface area contributed by atoms with Gasteiger partial charge in [-0.1, -0.05) is 0 Å². The lowest BCUT2D eigenvalue weighted by atomic mass is 9.58. The van der Waals surface area contributed by atoms with Crippen molar-refractivity contribution in [1.82, 2.24) is 15.5 Å². The van der Waals surface area contributed by atoms with Crippen molar-refractivity contribution in [1.29, 1.82) is 0 Å². The lowest BCUT2D eigenvalue weighted by molar-refractivity contribution is -0.144. The number of aliphatic hydroxyl groups excluding tert-OH is 3. The van der Waals surface area contributed by atoms with Crippen LogP contribution in [0.2, 0.25) is 0 Å². The Balaban J connectivity index is 1.83. The molecule has 3 aliphatic rings. The number of Topliss-reactive ketones (excluding diaryl/α,β-unsaturated/α-hetero) is 1. The monoisotopic (exact) mass is 564 g/mol. The number of aliphatic hydroxyl groups is 4. The van der Waals surface area contributed by atoms with E-state index < -0.39 is 64.3 Å². The van der Waals surface area contributed by atoms with Gasteiger partial charge < -0.3 is 41.1 Å². The fraction of sp³-hybridized carbons (Fsp3) is 0.500. The van der Waals surface area contributed by atoms with Crippen LogP contribution in [0.4, 0.5) is 5.69 Å². The smallest absolute Gasteiger partial charge is 0.254 e. The predicted octanol–water partition coefficient (Wildman–Crippen LogP) is -0.0782. The molecule has 3 aliphatic carbocycles. The predicted molar refractivity (Wildman–Crippen MR) is 142 cm³/mol. The van der Waals surface area contributed by atoms with Crippen molar-refractivity contribution < 1.29 is 39.9 Å². The number of nitrogens with one attached hydrogen (secondary N) is 2. The van der Waals surface area contributed by atoms with Crippen molar-refractivity contribution in [3.8, 4) is 5.75 Å². The lowest BCUT2D eigenvalue weighted by Crippen LogP contribution is -2.65. The van der Waals surface area contributed by atoms with Gasteiger partial charge in [-0.05, 0) is 50.6 Å². The fourth-order valence-electron chi connectivity index (χ4n) is 6.17. The molecule has 2 amide bonds. The van der Waals surface area contributed by atoms with E-state index in [0.717, 1.165) is 0 Å². The van der Waals surface area contributed by atoms with Crippen LogP contribution in [0.15, 0.2) is 34.8 Å². The van der Waals surface area contributed by atoms with Crippen LogP contribution < -0.4 is 15.5 Å². The second kappa shape index (κ2) is 10.3. The maximum Gasteiger partial charge on any atom is 0.254 e. The molecular formula is C26H33ClN4O8. The molecule has 1 unspecified atom stereocenters. The van der Waals surface area contributed by atoms with Crippen molar-refractivity contribution >= 4 is 34.9 Å². The molecule has 13 heteroatoms. The number of ketones is 1. The minimum absolute atomic E-state index is 0.00176. The van der Waals surface area contributed by atoms with Gasteiger partial charge in [0.05, 0.1) is 23.8 Å². The van der Waals surface area contributed by atoms with Gasteiger partial charge in [-0.25, -0.2) is 0 Å². The van der Waals surface area contributed by atoms with E-state index in [9.17, 15) is 39.9 Å². The van der Waals surface area contributed by atoms with Crippen LogP contribution >= 0.6 is 11.6 Å². The zero-order valence-electron chi connectivity index (χ0n) is 22.0. The molecule has 0 aromatic heterocycles. The number of allylic oxidation sites excluding steroid dienone is 1. The van der Waals surface area contributed by atoms with Gasteiger partial charge >= 0.3 is 0 Å². The molecule has 12 nitrogen and oxygen atoms in total. The number of phenols is 1. The van der Waals surface area contributed by atoms with Crippen LogP contribution in [0.1, 0.15) is 22.3 Å². The van der Waals surface area contributed by atoms with Gasteiger partial charge in [0, 0.05) is 31.3 Å². The first-order chi connectivity index (χ1) is 18.3. The van der Waals surface area contributed by atoms with Crippen LogP contribution in [0.5, 0.6) is 5.75 Å². The minimum atomic E-state index is -2.51. The average molecular weight is 565 g/mol. The number of benzene rings is 1. The zero-order chi connectivity index (χ0) is 29.0. The molecule has 0 radical (unpaired) electrons. The van der Waals surface area contributed by atoms with E-state index in [0.29, 0.717) is 11.3 Å². The largest absolute Gasteiger partial charge is 0.510 e. The van der Waals surface area contributed by atoms with E-state index in [1.807, 2.05) is 0 Å². The van der Waals surface area contributed by atoms with Gasteiger partial charge in [-0.3, -0.25) is 19.3 Å². The van der Waals surface area contributed by atoms with E-state index >= 15 is 0 Å². The number of likely N-dealkylation sites (N-methyl/N-ethyl adjacent to an activating group) is 1. The van der Waals surface area contributed by atoms with E-state index in [4.69, 9.17) is 11.6 Å². The summed E-state index contributed by atoms with van der Waals surface area (Å²) >= 11 is 5.43. The molecule has 0 aliphatic heterocycles. The molecule has 212 valence electrons. The first-order valence-corrected chi connectivity index (χ1v) is 12.9. The van der Waals surface area contributed by atoms with Gasteiger partial charge in [0.15, 0.2) is 11.4 Å². The third-order valence-electron chi connectivity index (χ3n) is 7.90. The number of carbonyl (C=O) groups is 3. The topological polar surface area (TPSA) is 183 Å². The van der Waals surface area contributed by atoms with E-state index in [1.54, 1.807) is 44.1 Å². The quantitative estimate of drug-likeness (QED) is 0.182. The third kappa shape index (κ3) is 4.41. The number of phenolic OH excluding ortho intramolecular Hbond substituents is 1. The van der Waals surface area contributed by atoms with Gasteiger partial charge in [0.1, 0.15) is 29.3 Å². The first kappa shape index (κ1) is 28.7. The Kier molecular flexibility index (Phi) is 7.60. The molecule has 1 aromatic carbocycles. The van der Waals surface area contributed by atoms with E-state index in [-0.39, 0.29) is 42.3 Å². The minimum Gasteiger partial charge on any atom is -0.510 e. The number of hydrogen-bond acceptors (Lipinski definition) is 10. The van der Waals surface area contributed by atoms with Crippen molar-refractivity contribution in [3.63, 3.8) is 0 Å². The second-order valence-corrected chi connectivity index (χ2v) is 10.8. The summed E-state index contributed by atoms with van der Waals surface area (Å²) in [5.74, 6) is -5.80. The summed E-state index contributed by atoms with van der Waals surface area (Å²) in [4.78, 5) is 41.5. The van der Waals surface area contributed by atoms with Gasteiger partial charge in [-0.15, -0.1) is 11.6 Å². The molecule has 0 saturated heterocycles. The van der Waals surface area contributed by atoms with E-state index in [1.165, 1.54) is 6.07 Å². The summed E-state index contributed by atoms with van der Waals surface area (Å²) in [5.41, 5.74) is -1.97. The molecule has 5 atom stereocenters. The highest BCUT2D eigenvalue weighted by Gasteiger charge is 2.63. The highest BCUT2D eigenvalue weighted by molar-refractivity contribution is 6.27. The Bertz CT molecular complexity index is 1290. The molecule has 39 heavy (non-hydrogen) atoms. The molecule has 0 heterocycles. The van der Waals surface area contributed by atoms with Crippen molar-refractivity contribution in [2.45, 2.75) is 30.6 Å². The molecule has 7 N–H and O–H groups in total. The Morgan fingerprint density at radius 1 is 1.13 bits per heavy atom. The molecular weight excluding hydrogens is 532 g/mol. The Labute approximate surface area is 230 Å². The van der Waals surface area contributed by atoms with Crippen LogP contribution in [0.25, 0.3) is 0 Å². The number of fused-ring (bicyclic) bond motifs is 3. The molecule has 4 rings (SSSR count). The number of halogens is 1. The van der Waals surface area contributed by atoms with Crippen molar-refractivity contribution in [3.05, 3.63) is 45.9 Å². The first-order valence-electron chi connectivity index (χ1n) is 12.4. The second-order valence-electron chi connectivity index (χ2n) is 10.5. The van der Waals surface area contributed by atoms with Gasteiger partial charge in [0.25, 0.3) is 5.91 Å². The highest BCUT2D eigenvalue weighted by atomic mass is 35.5. The summed E-state index contributed by atoms with van der Waals surface area (Å²) < 4.78 is 0. The summed E-state index contributed by atoms with van der Waals surface area (Å²) in [5, 5.41) is 61.1. The fourth-order valence-corrected chi connectivity index (χ4v) is 6.27. The maximum atomic E-state index is 13.7. The molecule has 0 fully saturated rings. The van der Waals surface area contributed by atoms with Crippen molar-refractivity contribution in [2.24, 2.45) is 11.8 Å². The van der Waals surface area contributed by atoms with E-state index in [2.05, 4.69) is 10.6 Å². The number of alkyl halides is 1. The van der Waals surface area contributed by atoms with Gasteiger partial charge in [0.2, 0.25) is 5.91 Å². The number of anilines is 1. The number of aromatic hydroxyl groups is 1. The summed E-state index contributed by atoms with van der Waals surface area (Å²) in [7, 11) is 6.81. The SMILES string of the molecule is CN(C)c1ccc(O)c2c1C[C@H]1C[C@H]3[C@H](N(C)C)C(O)=C(C(=O)NCNC(=O)CCl)C(O)[C@@]3(O)C(O)=C1C2=O. The highest BCUT2D eigenvalue weighted by Crippen LogP contribution is 2.54. The molecule has 0 spiro atoms. The maximum absolute atomic E-state index is 13.7. The Morgan fingerprint density at radius 3 is 2.38 bits per heavy atom. The average Bonchev–Trinajstić information content (AvgIpc) is 2.85.